The van der Waals surface area contributed by atoms with Gasteiger partial charge in [-0.2, -0.15) is 0 Å². The summed E-state index contributed by atoms with van der Waals surface area (Å²) in [4.78, 5) is 0. The van der Waals surface area contributed by atoms with Crippen molar-refractivity contribution < 1.29 is 4.74 Å². The standard InChI is InChI=1S/C14H11Cl2IO/c15-11-3-1-10(2-4-11)7-8-18-14-6-5-12(16)9-13(14)17/h1-6,9H,7-8H2. The maximum Gasteiger partial charge on any atom is 0.132 e. The zero-order chi connectivity index (χ0) is 13.0. The fourth-order valence-corrected chi connectivity index (χ4v) is 2.68. The molecule has 2 aromatic rings. The number of benzene rings is 2. The van der Waals surface area contributed by atoms with Crippen LogP contribution < -0.4 is 4.74 Å². The highest BCUT2D eigenvalue weighted by atomic mass is 127. The lowest BCUT2D eigenvalue weighted by atomic mass is 10.2. The van der Waals surface area contributed by atoms with Gasteiger partial charge in [0.1, 0.15) is 5.75 Å². The summed E-state index contributed by atoms with van der Waals surface area (Å²) in [5.41, 5.74) is 1.21. The van der Waals surface area contributed by atoms with E-state index in [4.69, 9.17) is 27.9 Å². The van der Waals surface area contributed by atoms with Gasteiger partial charge < -0.3 is 4.74 Å². The van der Waals surface area contributed by atoms with Gasteiger partial charge in [-0.15, -0.1) is 0 Å². The van der Waals surface area contributed by atoms with Crippen LogP contribution in [-0.2, 0) is 6.42 Å². The monoisotopic (exact) mass is 392 g/mol. The second kappa shape index (κ2) is 6.64. The van der Waals surface area contributed by atoms with E-state index in [1.807, 2.05) is 42.5 Å². The van der Waals surface area contributed by atoms with E-state index in [2.05, 4.69) is 22.6 Å². The molecule has 4 heteroatoms. The van der Waals surface area contributed by atoms with E-state index in [1.54, 1.807) is 0 Å². The first kappa shape index (κ1) is 14.0. The van der Waals surface area contributed by atoms with E-state index in [9.17, 15) is 0 Å². The number of hydrogen-bond acceptors (Lipinski definition) is 1. The lowest BCUT2D eigenvalue weighted by molar-refractivity contribution is 0.320. The van der Waals surface area contributed by atoms with Crippen molar-refractivity contribution in [1.82, 2.24) is 0 Å². The van der Waals surface area contributed by atoms with Crippen molar-refractivity contribution in [3.63, 3.8) is 0 Å². The van der Waals surface area contributed by atoms with Gasteiger partial charge in [0.25, 0.3) is 0 Å². The Morgan fingerprint density at radius 1 is 0.944 bits per heavy atom. The average molecular weight is 393 g/mol. The number of ether oxygens (including phenoxy) is 1. The van der Waals surface area contributed by atoms with Crippen molar-refractivity contribution in [1.29, 1.82) is 0 Å². The van der Waals surface area contributed by atoms with Crippen LogP contribution in [0.15, 0.2) is 42.5 Å². The first-order valence-electron chi connectivity index (χ1n) is 5.47. The van der Waals surface area contributed by atoms with Gasteiger partial charge in [0, 0.05) is 16.5 Å². The Bertz CT molecular complexity index is 526. The molecule has 0 fully saturated rings. The molecular weight excluding hydrogens is 382 g/mol. The van der Waals surface area contributed by atoms with E-state index in [0.29, 0.717) is 6.61 Å². The molecule has 0 unspecified atom stereocenters. The largest absolute Gasteiger partial charge is 0.492 e. The van der Waals surface area contributed by atoms with Crippen molar-refractivity contribution >= 4 is 45.8 Å². The summed E-state index contributed by atoms with van der Waals surface area (Å²) in [6, 6.07) is 13.4. The Kier molecular flexibility index (Phi) is 5.15. The molecule has 94 valence electrons. The SMILES string of the molecule is Clc1ccc(CCOc2ccc(Cl)cc2I)cc1. The molecule has 0 N–H and O–H groups in total. The summed E-state index contributed by atoms with van der Waals surface area (Å²) >= 11 is 13.9. The third-order valence-electron chi connectivity index (χ3n) is 2.46. The lowest BCUT2D eigenvalue weighted by Crippen LogP contribution is -2.02. The van der Waals surface area contributed by atoms with Gasteiger partial charge >= 0.3 is 0 Å². The minimum atomic E-state index is 0.638. The quantitative estimate of drug-likeness (QED) is 0.648. The molecule has 2 rings (SSSR count). The Morgan fingerprint density at radius 2 is 1.61 bits per heavy atom. The molecule has 2 aromatic carbocycles. The molecule has 0 saturated heterocycles. The topological polar surface area (TPSA) is 9.23 Å². The highest BCUT2D eigenvalue weighted by Crippen LogP contribution is 2.24. The van der Waals surface area contributed by atoms with Gasteiger partial charge in [0.15, 0.2) is 0 Å². The molecule has 0 radical (unpaired) electrons. The van der Waals surface area contributed by atoms with Crippen molar-refractivity contribution in [2.45, 2.75) is 6.42 Å². The molecule has 0 amide bonds. The van der Waals surface area contributed by atoms with E-state index in [1.165, 1.54) is 5.56 Å². The average Bonchev–Trinajstić information content (AvgIpc) is 2.34. The molecule has 0 heterocycles. The van der Waals surface area contributed by atoms with E-state index < -0.39 is 0 Å². The smallest absolute Gasteiger partial charge is 0.132 e. The van der Waals surface area contributed by atoms with Gasteiger partial charge in [0.2, 0.25) is 0 Å². The van der Waals surface area contributed by atoms with Crippen LogP contribution in [0.4, 0.5) is 0 Å². The molecule has 18 heavy (non-hydrogen) atoms. The van der Waals surface area contributed by atoms with Crippen LogP contribution in [0.1, 0.15) is 5.56 Å². The Labute approximate surface area is 130 Å². The maximum atomic E-state index is 5.89. The molecule has 0 aliphatic heterocycles. The van der Waals surface area contributed by atoms with Gasteiger partial charge in [0.05, 0.1) is 10.2 Å². The van der Waals surface area contributed by atoms with E-state index >= 15 is 0 Å². The van der Waals surface area contributed by atoms with Gasteiger partial charge in [-0.1, -0.05) is 35.3 Å². The molecule has 0 aliphatic carbocycles. The lowest BCUT2D eigenvalue weighted by Gasteiger charge is -2.08. The van der Waals surface area contributed by atoms with Crippen molar-refractivity contribution in [2.24, 2.45) is 0 Å². The Balaban J connectivity index is 1.90. The minimum absolute atomic E-state index is 0.638. The van der Waals surface area contributed by atoms with Gasteiger partial charge in [-0.05, 0) is 58.5 Å². The number of rotatable bonds is 4. The Hall–Kier alpha value is -0.450. The number of hydrogen-bond donors (Lipinski definition) is 0. The van der Waals surface area contributed by atoms with Crippen molar-refractivity contribution in [2.75, 3.05) is 6.61 Å². The fraction of sp³-hybridized carbons (Fsp3) is 0.143. The molecule has 0 aromatic heterocycles. The van der Waals surface area contributed by atoms with Gasteiger partial charge in [-0.25, -0.2) is 0 Å². The first-order chi connectivity index (χ1) is 8.65. The molecule has 0 aliphatic rings. The van der Waals surface area contributed by atoms with E-state index in [0.717, 1.165) is 25.8 Å². The van der Waals surface area contributed by atoms with Crippen LogP contribution in [0.3, 0.4) is 0 Å². The van der Waals surface area contributed by atoms with Gasteiger partial charge in [-0.3, -0.25) is 0 Å². The normalized spacial score (nSPS) is 10.4. The van der Waals surface area contributed by atoms with Crippen LogP contribution in [0, 0.1) is 3.57 Å². The van der Waals surface area contributed by atoms with Crippen LogP contribution in [0.5, 0.6) is 5.75 Å². The summed E-state index contributed by atoms with van der Waals surface area (Å²) in [7, 11) is 0. The third-order valence-corrected chi connectivity index (χ3v) is 3.79. The fourth-order valence-electron chi connectivity index (χ4n) is 1.52. The molecule has 0 bridgehead atoms. The summed E-state index contributed by atoms with van der Waals surface area (Å²) in [6.07, 6.45) is 0.857. The Morgan fingerprint density at radius 3 is 2.28 bits per heavy atom. The molecule has 1 nitrogen and oxygen atoms in total. The zero-order valence-corrected chi connectivity index (χ0v) is 13.2. The third kappa shape index (κ3) is 4.04. The molecular formula is C14H11Cl2IO. The summed E-state index contributed by atoms with van der Waals surface area (Å²) in [5.74, 6) is 0.869. The highest BCUT2D eigenvalue weighted by molar-refractivity contribution is 14.1. The molecule has 0 atom stereocenters. The van der Waals surface area contributed by atoms with Crippen molar-refractivity contribution in [3.05, 3.63) is 61.6 Å². The summed E-state index contributed by atoms with van der Waals surface area (Å²) < 4.78 is 6.75. The van der Waals surface area contributed by atoms with Crippen molar-refractivity contribution in [3.8, 4) is 5.75 Å². The second-order valence-corrected chi connectivity index (χ2v) is 5.83. The maximum absolute atomic E-state index is 5.89. The van der Waals surface area contributed by atoms with Crippen LogP contribution in [-0.4, -0.2) is 6.61 Å². The molecule has 0 saturated carbocycles. The predicted molar refractivity (Wildman–Crippen MR) is 84.8 cm³/mol. The summed E-state index contributed by atoms with van der Waals surface area (Å²) in [6.45, 7) is 0.638. The van der Waals surface area contributed by atoms with Crippen LogP contribution in [0.2, 0.25) is 10.0 Å². The summed E-state index contributed by atoms with van der Waals surface area (Å²) in [5, 5.41) is 1.48. The van der Waals surface area contributed by atoms with Crippen LogP contribution >= 0.6 is 45.8 Å². The first-order valence-corrected chi connectivity index (χ1v) is 7.31. The zero-order valence-electron chi connectivity index (χ0n) is 9.50. The van der Waals surface area contributed by atoms with Crippen LogP contribution in [0.25, 0.3) is 0 Å². The van der Waals surface area contributed by atoms with E-state index in [-0.39, 0.29) is 0 Å². The predicted octanol–water partition coefficient (Wildman–Crippen LogP) is 5.22. The second-order valence-electron chi connectivity index (χ2n) is 3.80. The molecule has 0 spiro atoms. The number of halogens is 3. The minimum Gasteiger partial charge on any atom is -0.492 e. The highest BCUT2D eigenvalue weighted by Gasteiger charge is 2.02.